The number of hydrazone groups is 1. The van der Waals surface area contributed by atoms with Crippen molar-refractivity contribution in [1.29, 1.82) is 0 Å². The van der Waals surface area contributed by atoms with E-state index in [-0.39, 0.29) is 6.04 Å². The summed E-state index contributed by atoms with van der Waals surface area (Å²) < 4.78 is 5.05. The summed E-state index contributed by atoms with van der Waals surface area (Å²) in [7, 11) is 1.67. The molecule has 0 saturated carbocycles. The Balaban J connectivity index is 2.07. The fourth-order valence-electron chi connectivity index (χ4n) is 1.68. The van der Waals surface area contributed by atoms with Crippen molar-refractivity contribution >= 4 is 45.8 Å². The number of rotatable bonds is 4. The van der Waals surface area contributed by atoms with Crippen molar-refractivity contribution in [3.63, 3.8) is 0 Å². The third-order valence-electron chi connectivity index (χ3n) is 2.63. The molecule has 1 heterocycles. The second-order valence-corrected chi connectivity index (χ2v) is 6.10. The molecule has 1 aromatic carbocycles. The van der Waals surface area contributed by atoms with Crippen LogP contribution in [0.3, 0.4) is 0 Å². The molecule has 1 aliphatic heterocycles. The molecule has 1 aliphatic rings. The number of methoxy groups -OCH3 is 1. The third-order valence-corrected chi connectivity index (χ3v) is 4.26. The van der Waals surface area contributed by atoms with E-state index >= 15 is 0 Å². The Kier molecular flexibility index (Phi) is 5.72. The van der Waals surface area contributed by atoms with Gasteiger partial charge in [-0.2, -0.15) is 5.10 Å². The number of amidine groups is 1. The van der Waals surface area contributed by atoms with Gasteiger partial charge < -0.3 is 4.74 Å². The fraction of sp³-hybridized carbons (Fsp3) is 0.385. The van der Waals surface area contributed by atoms with Crippen LogP contribution in [0.2, 0.25) is 10.0 Å². The molecule has 0 radical (unpaired) electrons. The van der Waals surface area contributed by atoms with Crippen LogP contribution in [0.1, 0.15) is 12.5 Å². The van der Waals surface area contributed by atoms with Gasteiger partial charge in [0.2, 0.25) is 0 Å². The van der Waals surface area contributed by atoms with Crippen molar-refractivity contribution in [2.24, 2.45) is 10.1 Å². The van der Waals surface area contributed by atoms with E-state index < -0.39 is 0 Å². The number of aliphatic imine (C=N–C) groups is 1. The van der Waals surface area contributed by atoms with E-state index in [9.17, 15) is 0 Å². The summed E-state index contributed by atoms with van der Waals surface area (Å²) in [5, 5.41) is 6.22. The summed E-state index contributed by atoms with van der Waals surface area (Å²) in [6, 6.07) is 5.61. The summed E-state index contributed by atoms with van der Waals surface area (Å²) in [6.07, 6.45) is 0. The number of thioether (sulfide) groups is 1. The van der Waals surface area contributed by atoms with Gasteiger partial charge in [-0.25, -0.2) is 0 Å². The van der Waals surface area contributed by atoms with Crippen LogP contribution in [0, 0.1) is 0 Å². The molecular weight excluding hydrogens is 317 g/mol. The lowest BCUT2D eigenvalue weighted by molar-refractivity contribution is 0.186. The van der Waals surface area contributed by atoms with Crippen LogP contribution in [0.25, 0.3) is 0 Å². The van der Waals surface area contributed by atoms with E-state index in [0.717, 1.165) is 22.2 Å². The lowest BCUT2D eigenvalue weighted by atomic mass is 10.1. The van der Waals surface area contributed by atoms with Crippen LogP contribution < -0.4 is 5.43 Å². The molecule has 0 spiro atoms. The number of halogens is 2. The summed E-state index contributed by atoms with van der Waals surface area (Å²) in [6.45, 7) is 2.59. The van der Waals surface area contributed by atoms with E-state index in [1.165, 1.54) is 0 Å². The molecule has 0 saturated heterocycles. The Hall–Kier alpha value is -0.750. The first kappa shape index (κ1) is 15.6. The van der Waals surface area contributed by atoms with Gasteiger partial charge in [-0.05, 0) is 19.1 Å². The van der Waals surface area contributed by atoms with Gasteiger partial charge in [0.25, 0.3) is 0 Å². The van der Waals surface area contributed by atoms with E-state index in [1.807, 2.05) is 19.1 Å². The highest BCUT2D eigenvalue weighted by Gasteiger charge is 2.14. The van der Waals surface area contributed by atoms with Gasteiger partial charge in [0.1, 0.15) is 0 Å². The largest absolute Gasteiger partial charge is 0.382 e. The standard InChI is InChI=1S/C13H15Cl2N3OS/c1-8(6-19-2)16-13-18-17-12(7-20-13)9-3-4-10(14)11(15)5-9/h3-5,8H,6-7H2,1-2H3,(H,16,18)/t8-/m1/s1. The molecule has 108 valence electrons. The average molecular weight is 332 g/mol. The molecule has 1 aromatic rings. The Morgan fingerprint density at radius 3 is 2.85 bits per heavy atom. The quantitative estimate of drug-likeness (QED) is 0.919. The zero-order valence-electron chi connectivity index (χ0n) is 11.2. The SMILES string of the molecule is COC[C@@H](C)N=C1NN=C(c2ccc(Cl)c(Cl)c2)CS1. The van der Waals surface area contributed by atoms with Gasteiger partial charge in [-0.1, -0.05) is 41.0 Å². The molecule has 0 amide bonds. The Bertz CT molecular complexity index is 548. The predicted molar refractivity (Wildman–Crippen MR) is 87.4 cm³/mol. The Labute approximate surface area is 132 Å². The summed E-state index contributed by atoms with van der Waals surface area (Å²) in [5.41, 5.74) is 4.84. The second-order valence-electron chi connectivity index (χ2n) is 4.33. The van der Waals surface area contributed by atoms with Crippen molar-refractivity contribution < 1.29 is 4.74 Å². The number of ether oxygens (including phenoxy) is 1. The maximum Gasteiger partial charge on any atom is 0.177 e. The highest BCUT2D eigenvalue weighted by molar-refractivity contribution is 8.14. The minimum atomic E-state index is 0.108. The van der Waals surface area contributed by atoms with E-state index in [2.05, 4.69) is 15.5 Å². The van der Waals surface area contributed by atoms with Crippen LogP contribution >= 0.6 is 35.0 Å². The van der Waals surface area contributed by atoms with Crippen molar-refractivity contribution in [3.8, 4) is 0 Å². The summed E-state index contributed by atoms with van der Waals surface area (Å²) in [5.74, 6) is 0.740. The van der Waals surface area contributed by atoms with Gasteiger partial charge in [0, 0.05) is 18.4 Å². The zero-order chi connectivity index (χ0) is 14.5. The van der Waals surface area contributed by atoms with Gasteiger partial charge >= 0.3 is 0 Å². The van der Waals surface area contributed by atoms with Crippen LogP contribution in [0.5, 0.6) is 0 Å². The second kappa shape index (κ2) is 7.31. The lowest BCUT2D eigenvalue weighted by Gasteiger charge is -2.16. The van der Waals surface area contributed by atoms with Gasteiger partial charge in [-0.3, -0.25) is 10.4 Å². The molecule has 4 nitrogen and oxygen atoms in total. The molecular formula is C13H15Cl2N3OS. The highest BCUT2D eigenvalue weighted by Crippen LogP contribution is 2.24. The fourth-order valence-corrected chi connectivity index (χ4v) is 2.85. The van der Waals surface area contributed by atoms with Crippen molar-refractivity contribution in [1.82, 2.24) is 5.43 Å². The molecule has 2 rings (SSSR count). The highest BCUT2D eigenvalue weighted by atomic mass is 35.5. The molecule has 1 N–H and O–H groups in total. The van der Waals surface area contributed by atoms with Crippen LogP contribution in [-0.4, -0.2) is 36.4 Å². The molecule has 0 bridgehead atoms. The van der Waals surface area contributed by atoms with Crippen molar-refractivity contribution in [2.45, 2.75) is 13.0 Å². The lowest BCUT2D eigenvalue weighted by Crippen LogP contribution is -2.27. The molecule has 1 atom stereocenters. The smallest absolute Gasteiger partial charge is 0.177 e. The number of hydrogen-bond donors (Lipinski definition) is 1. The summed E-state index contributed by atoms with van der Waals surface area (Å²) in [4.78, 5) is 4.47. The average Bonchev–Trinajstić information content (AvgIpc) is 2.43. The normalized spacial score (nSPS) is 18.6. The van der Waals surface area contributed by atoms with Gasteiger partial charge in [0.15, 0.2) is 5.17 Å². The summed E-state index contributed by atoms with van der Waals surface area (Å²) >= 11 is 13.5. The first-order valence-electron chi connectivity index (χ1n) is 6.07. The van der Waals surface area contributed by atoms with E-state index in [0.29, 0.717) is 16.7 Å². The van der Waals surface area contributed by atoms with Gasteiger partial charge in [0.05, 0.1) is 28.4 Å². The molecule has 20 heavy (non-hydrogen) atoms. The minimum Gasteiger partial charge on any atom is -0.382 e. The molecule has 0 aromatic heterocycles. The molecule has 0 unspecified atom stereocenters. The molecule has 0 fully saturated rings. The predicted octanol–water partition coefficient (Wildman–Crippen LogP) is 3.42. The first-order valence-corrected chi connectivity index (χ1v) is 7.82. The Morgan fingerprint density at radius 1 is 1.45 bits per heavy atom. The Morgan fingerprint density at radius 2 is 2.25 bits per heavy atom. The third kappa shape index (κ3) is 4.12. The van der Waals surface area contributed by atoms with E-state index in [1.54, 1.807) is 24.9 Å². The minimum absolute atomic E-state index is 0.108. The van der Waals surface area contributed by atoms with Crippen LogP contribution in [-0.2, 0) is 4.74 Å². The number of benzene rings is 1. The zero-order valence-corrected chi connectivity index (χ0v) is 13.5. The number of nitrogens with one attached hydrogen (secondary N) is 1. The maximum absolute atomic E-state index is 6.01. The van der Waals surface area contributed by atoms with Crippen LogP contribution in [0.4, 0.5) is 0 Å². The number of nitrogens with zero attached hydrogens (tertiary/aromatic N) is 2. The topological polar surface area (TPSA) is 46.0 Å². The van der Waals surface area contributed by atoms with Gasteiger partial charge in [-0.15, -0.1) is 0 Å². The molecule has 7 heteroatoms. The number of hydrogen-bond acceptors (Lipinski definition) is 4. The van der Waals surface area contributed by atoms with E-state index in [4.69, 9.17) is 27.9 Å². The van der Waals surface area contributed by atoms with Crippen molar-refractivity contribution in [2.75, 3.05) is 19.5 Å². The molecule has 0 aliphatic carbocycles. The monoisotopic (exact) mass is 331 g/mol. The first-order chi connectivity index (χ1) is 9.60. The maximum atomic E-state index is 6.01. The van der Waals surface area contributed by atoms with Crippen LogP contribution in [0.15, 0.2) is 28.3 Å². The van der Waals surface area contributed by atoms with Crippen molar-refractivity contribution in [3.05, 3.63) is 33.8 Å².